The number of carbonyl (C=O) groups is 2. The second-order valence-corrected chi connectivity index (χ2v) is 10.5. The number of esters is 1. The SMILES string of the molecule is COC(=O)C1=C(C)N=C2SC=C(CC(=O)N3CCN(C4CCCC4)CC3)N2C1c1cccc(OC)c1. The summed E-state index contributed by atoms with van der Waals surface area (Å²) in [6.07, 6.45) is 5.49. The predicted molar refractivity (Wildman–Crippen MR) is 140 cm³/mol. The van der Waals surface area contributed by atoms with E-state index < -0.39 is 12.0 Å². The van der Waals surface area contributed by atoms with Crippen LogP contribution >= 0.6 is 11.8 Å². The Bertz CT molecular complexity index is 1120. The molecular formula is C27H34N4O4S. The van der Waals surface area contributed by atoms with E-state index in [1.807, 2.05) is 46.4 Å². The zero-order valence-corrected chi connectivity index (χ0v) is 22.1. The summed E-state index contributed by atoms with van der Waals surface area (Å²) in [6, 6.07) is 7.92. The number of ether oxygens (including phenoxy) is 2. The van der Waals surface area contributed by atoms with Crippen LogP contribution in [0, 0.1) is 0 Å². The average molecular weight is 511 g/mol. The highest BCUT2D eigenvalue weighted by Crippen LogP contribution is 2.45. The Hall–Kier alpha value is -2.78. The van der Waals surface area contributed by atoms with E-state index in [1.165, 1.54) is 44.6 Å². The summed E-state index contributed by atoms with van der Waals surface area (Å²) in [7, 11) is 3.01. The molecule has 1 saturated carbocycles. The molecule has 1 aromatic carbocycles. The summed E-state index contributed by atoms with van der Waals surface area (Å²) < 4.78 is 10.6. The molecule has 1 unspecified atom stereocenters. The van der Waals surface area contributed by atoms with Gasteiger partial charge in [-0.3, -0.25) is 9.69 Å². The molecule has 2 fully saturated rings. The number of fused-ring (bicyclic) bond motifs is 1. The third-order valence-corrected chi connectivity index (χ3v) is 8.54. The van der Waals surface area contributed by atoms with E-state index in [9.17, 15) is 9.59 Å². The van der Waals surface area contributed by atoms with Gasteiger partial charge in [-0.15, -0.1) is 0 Å². The van der Waals surface area contributed by atoms with Gasteiger partial charge in [0.15, 0.2) is 5.17 Å². The minimum atomic E-state index is -0.451. The highest BCUT2D eigenvalue weighted by atomic mass is 32.2. The van der Waals surface area contributed by atoms with Gasteiger partial charge in [0.1, 0.15) is 5.75 Å². The van der Waals surface area contributed by atoms with Crippen molar-refractivity contribution in [3.05, 3.63) is 52.2 Å². The third kappa shape index (κ3) is 4.78. The molecule has 0 radical (unpaired) electrons. The topological polar surface area (TPSA) is 74.7 Å². The molecular weight excluding hydrogens is 476 g/mol. The molecule has 1 aliphatic carbocycles. The molecule has 8 nitrogen and oxygen atoms in total. The molecule has 3 heterocycles. The number of hydrogen-bond acceptors (Lipinski definition) is 8. The molecule has 0 bridgehead atoms. The molecule has 4 aliphatic rings. The quantitative estimate of drug-likeness (QED) is 0.537. The van der Waals surface area contributed by atoms with Gasteiger partial charge in [0.2, 0.25) is 5.91 Å². The number of methoxy groups -OCH3 is 2. The predicted octanol–water partition coefficient (Wildman–Crippen LogP) is 3.92. The lowest BCUT2D eigenvalue weighted by Gasteiger charge is -2.39. The van der Waals surface area contributed by atoms with Crippen LogP contribution in [0.3, 0.4) is 0 Å². The fraction of sp³-hybridized carbons (Fsp3) is 0.519. The van der Waals surface area contributed by atoms with Crippen LogP contribution in [0.4, 0.5) is 0 Å². The maximum Gasteiger partial charge on any atom is 0.338 e. The number of aliphatic imine (C=N–C) groups is 1. The van der Waals surface area contributed by atoms with Gasteiger partial charge in [0, 0.05) is 37.9 Å². The second-order valence-electron chi connectivity index (χ2n) is 9.69. The monoisotopic (exact) mass is 510 g/mol. The van der Waals surface area contributed by atoms with Crippen molar-refractivity contribution in [3.63, 3.8) is 0 Å². The van der Waals surface area contributed by atoms with Gasteiger partial charge in [-0.25, -0.2) is 9.79 Å². The Balaban J connectivity index is 1.36. The van der Waals surface area contributed by atoms with Gasteiger partial charge in [0.05, 0.1) is 38.0 Å². The number of nitrogens with zero attached hydrogens (tertiary/aromatic N) is 4. The van der Waals surface area contributed by atoms with Gasteiger partial charge in [-0.2, -0.15) is 0 Å². The zero-order chi connectivity index (χ0) is 25.2. The molecule has 9 heteroatoms. The van der Waals surface area contributed by atoms with Crippen molar-refractivity contribution in [2.75, 3.05) is 40.4 Å². The fourth-order valence-electron chi connectivity index (χ4n) is 5.74. The number of carbonyl (C=O) groups excluding carboxylic acids is 2. The van der Waals surface area contributed by atoms with Crippen molar-refractivity contribution in [2.45, 2.75) is 51.1 Å². The molecule has 1 atom stereocenters. The molecule has 1 amide bonds. The Kier molecular flexibility index (Phi) is 7.39. The minimum Gasteiger partial charge on any atom is -0.497 e. The lowest BCUT2D eigenvalue weighted by molar-refractivity contribution is -0.136. The lowest BCUT2D eigenvalue weighted by Crippen LogP contribution is -2.51. The van der Waals surface area contributed by atoms with Gasteiger partial charge in [-0.1, -0.05) is 36.7 Å². The van der Waals surface area contributed by atoms with Crippen LogP contribution in [0.1, 0.15) is 50.6 Å². The molecule has 0 N–H and O–H groups in total. The van der Waals surface area contributed by atoms with Gasteiger partial charge in [0.25, 0.3) is 0 Å². The van der Waals surface area contributed by atoms with E-state index in [2.05, 4.69) is 4.90 Å². The first kappa shape index (κ1) is 24.9. The van der Waals surface area contributed by atoms with E-state index in [1.54, 1.807) is 7.11 Å². The number of amidine groups is 1. The summed E-state index contributed by atoms with van der Waals surface area (Å²) in [4.78, 5) is 37.6. The van der Waals surface area contributed by atoms with Crippen molar-refractivity contribution >= 4 is 28.8 Å². The first-order valence-corrected chi connectivity index (χ1v) is 13.6. The van der Waals surface area contributed by atoms with E-state index in [0.29, 0.717) is 23.1 Å². The zero-order valence-electron chi connectivity index (χ0n) is 21.2. The van der Waals surface area contributed by atoms with Crippen LogP contribution in [0.25, 0.3) is 0 Å². The van der Waals surface area contributed by atoms with Crippen LogP contribution in [0.5, 0.6) is 5.75 Å². The normalized spacial score (nSPS) is 22.9. The van der Waals surface area contributed by atoms with Gasteiger partial charge < -0.3 is 19.3 Å². The molecule has 192 valence electrons. The third-order valence-electron chi connectivity index (χ3n) is 7.66. The first-order valence-electron chi connectivity index (χ1n) is 12.7. The van der Waals surface area contributed by atoms with Crippen molar-refractivity contribution in [1.29, 1.82) is 0 Å². The molecule has 5 rings (SSSR count). The Morgan fingerprint density at radius 1 is 1.11 bits per heavy atom. The highest BCUT2D eigenvalue weighted by Gasteiger charge is 2.41. The van der Waals surface area contributed by atoms with E-state index in [4.69, 9.17) is 14.5 Å². The van der Waals surface area contributed by atoms with Gasteiger partial charge in [-0.05, 0) is 42.9 Å². The lowest BCUT2D eigenvalue weighted by atomic mass is 9.93. The summed E-state index contributed by atoms with van der Waals surface area (Å²) in [5.41, 5.74) is 2.83. The maximum absolute atomic E-state index is 13.4. The van der Waals surface area contributed by atoms with E-state index in [0.717, 1.165) is 42.6 Å². The van der Waals surface area contributed by atoms with E-state index >= 15 is 0 Å². The van der Waals surface area contributed by atoms with Crippen molar-refractivity contribution < 1.29 is 19.1 Å². The standard InChI is InChI=1S/C27H34N4O4S/c1-18-24(26(33)35-3)25(19-7-6-10-22(15-19)34-2)31-21(17-36-27(31)28-18)16-23(32)30-13-11-29(12-14-30)20-8-4-5-9-20/h6-7,10,15,17,20,25H,4-5,8-9,11-14,16H2,1-3H3. The smallest absolute Gasteiger partial charge is 0.338 e. The van der Waals surface area contributed by atoms with Crippen molar-refractivity contribution in [2.24, 2.45) is 4.99 Å². The maximum atomic E-state index is 13.4. The molecule has 1 saturated heterocycles. The van der Waals surface area contributed by atoms with Crippen molar-refractivity contribution in [1.82, 2.24) is 14.7 Å². The Morgan fingerprint density at radius 2 is 1.86 bits per heavy atom. The van der Waals surface area contributed by atoms with Crippen LogP contribution in [-0.4, -0.2) is 78.2 Å². The number of allylic oxidation sites excluding steroid dienone is 1. The fourth-order valence-corrected chi connectivity index (χ4v) is 6.70. The molecule has 36 heavy (non-hydrogen) atoms. The van der Waals surface area contributed by atoms with Crippen LogP contribution in [0.2, 0.25) is 0 Å². The molecule has 3 aliphatic heterocycles. The Labute approximate surface area is 217 Å². The van der Waals surface area contributed by atoms with E-state index in [-0.39, 0.29) is 12.3 Å². The van der Waals surface area contributed by atoms with Crippen LogP contribution in [0.15, 0.2) is 51.6 Å². The van der Waals surface area contributed by atoms with Gasteiger partial charge >= 0.3 is 5.97 Å². The minimum absolute atomic E-state index is 0.115. The largest absolute Gasteiger partial charge is 0.497 e. The van der Waals surface area contributed by atoms with Crippen molar-refractivity contribution in [3.8, 4) is 5.75 Å². The van der Waals surface area contributed by atoms with Crippen LogP contribution in [-0.2, 0) is 14.3 Å². The number of rotatable bonds is 6. The average Bonchev–Trinajstić information content (AvgIpc) is 3.58. The second kappa shape index (κ2) is 10.7. The molecule has 1 aromatic rings. The summed E-state index contributed by atoms with van der Waals surface area (Å²) in [5, 5.41) is 2.76. The summed E-state index contributed by atoms with van der Waals surface area (Å²) in [5.74, 6) is 0.394. The Morgan fingerprint density at radius 3 is 2.56 bits per heavy atom. The number of piperazine rings is 1. The molecule has 0 aromatic heterocycles. The highest BCUT2D eigenvalue weighted by molar-refractivity contribution is 8.16. The molecule has 0 spiro atoms. The first-order chi connectivity index (χ1) is 17.5. The van der Waals surface area contributed by atoms with Crippen LogP contribution < -0.4 is 4.74 Å². The number of benzene rings is 1. The number of thioether (sulfide) groups is 1. The number of hydrogen-bond donors (Lipinski definition) is 0. The summed E-state index contributed by atoms with van der Waals surface area (Å²) >= 11 is 1.49. The number of amides is 1. The summed E-state index contributed by atoms with van der Waals surface area (Å²) in [6.45, 7) is 5.26.